The summed E-state index contributed by atoms with van der Waals surface area (Å²) in [5, 5.41) is 0.832. The van der Waals surface area contributed by atoms with E-state index in [1.165, 1.54) is 0 Å². The molecule has 0 saturated heterocycles. The molecular weight excluding hydrogens is 420 g/mol. The lowest BCUT2D eigenvalue weighted by Crippen LogP contribution is -2.22. The molecule has 1 unspecified atom stereocenters. The predicted octanol–water partition coefficient (Wildman–Crippen LogP) is 3.88. The minimum absolute atomic E-state index is 0.150. The standard InChI is InChI=1S/C26H22N2O5/c1-28-13-20(24(25(27)29)17-8-10-22-23(12-17)33-15-32-22)19-9-7-18(11-21(19)28)26(30)31-14-16-5-3-2-4-6-16/h2-13,24H,14-15H2,1H3,(H2,27,29). The number of amides is 1. The smallest absolute Gasteiger partial charge is 0.338 e. The number of benzene rings is 3. The lowest BCUT2D eigenvalue weighted by Gasteiger charge is -2.14. The van der Waals surface area contributed by atoms with Crippen LogP contribution in [0.2, 0.25) is 0 Å². The number of nitrogens with two attached hydrogens (primary N) is 1. The SMILES string of the molecule is Cn1cc(C(C(N)=O)c2ccc3c(c2)OCO3)c2ccc(C(=O)OCc3ccccc3)cc21. The Morgan fingerprint density at radius 3 is 2.61 bits per heavy atom. The topological polar surface area (TPSA) is 92.8 Å². The van der Waals surface area contributed by atoms with Gasteiger partial charge in [-0.1, -0.05) is 42.5 Å². The number of hydrogen-bond donors (Lipinski definition) is 1. The highest BCUT2D eigenvalue weighted by Crippen LogP contribution is 2.38. The first-order valence-electron chi connectivity index (χ1n) is 10.5. The summed E-state index contributed by atoms with van der Waals surface area (Å²) in [6.07, 6.45) is 1.86. The number of carbonyl (C=O) groups is 2. The van der Waals surface area contributed by atoms with E-state index in [0.717, 1.165) is 22.0 Å². The molecule has 5 rings (SSSR count). The summed E-state index contributed by atoms with van der Waals surface area (Å²) in [7, 11) is 1.86. The zero-order chi connectivity index (χ0) is 22.9. The van der Waals surface area contributed by atoms with E-state index < -0.39 is 17.8 Å². The van der Waals surface area contributed by atoms with Gasteiger partial charge in [0.25, 0.3) is 0 Å². The molecular formula is C26H22N2O5. The van der Waals surface area contributed by atoms with Crippen molar-refractivity contribution < 1.29 is 23.8 Å². The molecule has 166 valence electrons. The van der Waals surface area contributed by atoms with Gasteiger partial charge in [0.05, 0.1) is 11.5 Å². The number of esters is 1. The van der Waals surface area contributed by atoms with Gasteiger partial charge in [-0.25, -0.2) is 4.79 Å². The first kappa shape index (κ1) is 20.6. The van der Waals surface area contributed by atoms with E-state index in [9.17, 15) is 9.59 Å². The van der Waals surface area contributed by atoms with Crippen LogP contribution in [-0.2, 0) is 23.2 Å². The van der Waals surface area contributed by atoms with Crippen molar-refractivity contribution in [2.75, 3.05) is 6.79 Å². The molecule has 7 heteroatoms. The van der Waals surface area contributed by atoms with Crippen molar-refractivity contribution in [1.82, 2.24) is 4.57 Å². The number of rotatable bonds is 6. The number of fused-ring (bicyclic) bond motifs is 2. The number of primary amides is 1. The third-order valence-corrected chi connectivity index (χ3v) is 5.80. The fourth-order valence-electron chi connectivity index (χ4n) is 4.17. The second-order valence-electron chi connectivity index (χ2n) is 7.94. The van der Waals surface area contributed by atoms with Crippen LogP contribution in [0.5, 0.6) is 11.5 Å². The van der Waals surface area contributed by atoms with Crippen LogP contribution in [0.4, 0.5) is 0 Å². The molecule has 0 fully saturated rings. The first-order valence-corrected chi connectivity index (χ1v) is 10.5. The van der Waals surface area contributed by atoms with E-state index in [0.29, 0.717) is 22.6 Å². The molecule has 0 saturated carbocycles. The predicted molar refractivity (Wildman–Crippen MR) is 122 cm³/mol. The van der Waals surface area contributed by atoms with E-state index in [1.54, 1.807) is 24.3 Å². The zero-order valence-electron chi connectivity index (χ0n) is 18.0. The molecule has 2 N–H and O–H groups in total. The molecule has 1 aliphatic rings. The molecule has 0 radical (unpaired) electrons. The van der Waals surface area contributed by atoms with Gasteiger partial charge in [-0.3, -0.25) is 4.79 Å². The van der Waals surface area contributed by atoms with E-state index in [-0.39, 0.29) is 13.4 Å². The molecule has 3 aromatic carbocycles. The highest BCUT2D eigenvalue weighted by atomic mass is 16.7. The monoisotopic (exact) mass is 442 g/mol. The number of nitrogens with zero attached hydrogens (tertiary/aromatic N) is 1. The van der Waals surface area contributed by atoms with Crippen LogP contribution >= 0.6 is 0 Å². The molecule has 33 heavy (non-hydrogen) atoms. The van der Waals surface area contributed by atoms with Crippen LogP contribution < -0.4 is 15.2 Å². The Balaban J connectivity index is 1.46. The minimum Gasteiger partial charge on any atom is -0.457 e. The minimum atomic E-state index is -0.681. The Kier molecular flexibility index (Phi) is 5.22. The van der Waals surface area contributed by atoms with Crippen molar-refractivity contribution in [3.63, 3.8) is 0 Å². The first-order chi connectivity index (χ1) is 16.0. The molecule has 7 nitrogen and oxygen atoms in total. The zero-order valence-corrected chi connectivity index (χ0v) is 18.0. The summed E-state index contributed by atoms with van der Waals surface area (Å²) in [5.74, 6) is -0.349. The fraction of sp³-hybridized carbons (Fsp3) is 0.154. The van der Waals surface area contributed by atoms with E-state index >= 15 is 0 Å². The van der Waals surface area contributed by atoms with Crippen molar-refractivity contribution in [3.8, 4) is 11.5 Å². The van der Waals surface area contributed by atoms with E-state index in [1.807, 2.05) is 60.3 Å². The second-order valence-corrected chi connectivity index (χ2v) is 7.94. The number of hydrogen-bond acceptors (Lipinski definition) is 5. The maximum atomic E-state index is 12.6. The molecule has 0 spiro atoms. The Hall–Kier alpha value is -4.26. The van der Waals surface area contributed by atoms with E-state index in [4.69, 9.17) is 19.9 Å². The lowest BCUT2D eigenvalue weighted by molar-refractivity contribution is -0.118. The third kappa shape index (κ3) is 3.89. The van der Waals surface area contributed by atoms with Crippen LogP contribution in [0.3, 0.4) is 0 Å². The van der Waals surface area contributed by atoms with E-state index in [2.05, 4.69) is 0 Å². The molecule has 1 amide bonds. The van der Waals surface area contributed by atoms with Gasteiger partial charge in [-0.15, -0.1) is 0 Å². The van der Waals surface area contributed by atoms with Crippen molar-refractivity contribution in [3.05, 3.63) is 95.2 Å². The normalized spacial score (nSPS) is 13.1. The van der Waals surface area contributed by atoms with Crippen LogP contribution in [-0.4, -0.2) is 23.2 Å². The number of ether oxygens (including phenoxy) is 3. The largest absolute Gasteiger partial charge is 0.457 e. The van der Waals surface area contributed by atoms with Gasteiger partial charge >= 0.3 is 5.97 Å². The van der Waals surface area contributed by atoms with Gasteiger partial charge in [0.15, 0.2) is 11.5 Å². The van der Waals surface area contributed by atoms with Crippen LogP contribution in [0.25, 0.3) is 10.9 Å². The van der Waals surface area contributed by atoms with Gasteiger partial charge in [0.2, 0.25) is 12.7 Å². The average Bonchev–Trinajstić information content (AvgIpc) is 3.42. The maximum absolute atomic E-state index is 12.6. The summed E-state index contributed by atoms with van der Waals surface area (Å²) in [6.45, 7) is 0.349. The van der Waals surface area contributed by atoms with Gasteiger partial charge in [0.1, 0.15) is 6.61 Å². The van der Waals surface area contributed by atoms with Crippen molar-refractivity contribution in [2.24, 2.45) is 12.8 Å². The fourth-order valence-corrected chi connectivity index (χ4v) is 4.17. The molecule has 1 aromatic heterocycles. The van der Waals surface area contributed by atoms with Crippen molar-refractivity contribution in [1.29, 1.82) is 0 Å². The maximum Gasteiger partial charge on any atom is 0.338 e. The second kappa shape index (κ2) is 8.35. The number of aryl methyl sites for hydroxylation is 1. The third-order valence-electron chi connectivity index (χ3n) is 5.80. The van der Waals surface area contributed by atoms with Gasteiger partial charge in [0, 0.05) is 24.1 Å². The highest BCUT2D eigenvalue weighted by Gasteiger charge is 2.27. The number of aromatic nitrogens is 1. The summed E-state index contributed by atoms with van der Waals surface area (Å²) < 4.78 is 18.2. The van der Waals surface area contributed by atoms with Crippen LogP contribution in [0, 0.1) is 0 Å². The van der Waals surface area contributed by atoms with Crippen molar-refractivity contribution >= 4 is 22.8 Å². The van der Waals surface area contributed by atoms with Gasteiger partial charge in [-0.05, 0) is 41.0 Å². The summed E-state index contributed by atoms with van der Waals surface area (Å²) >= 11 is 0. The van der Waals surface area contributed by atoms with Gasteiger partial charge in [-0.2, -0.15) is 0 Å². The average molecular weight is 442 g/mol. The Morgan fingerprint density at radius 2 is 1.82 bits per heavy atom. The highest BCUT2D eigenvalue weighted by molar-refractivity contribution is 5.98. The molecule has 0 bridgehead atoms. The van der Waals surface area contributed by atoms with Crippen LogP contribution in [0.1, 0.15) is 33.0 Å². The Bertz CT molecular complexity index is 1360. The molecule has 1 atom stereocenters. The number of carbonyl (C=O) groups excluding carboxylic acids is 2. The molecule has 0 aliphatic carbocycles. The van der Waals surface area contributed by atoms with Gasteiger partial charge < -0.3 is 24.5 Å². The summed E-state index contributed by atoms with van der Waals surface area (Å²) in [6, 6.07) is 20.2. The molecule has 2 heterocycles. The Morgan fingerprint density at radius 1 is 1.03 bits per heavy atom. The lowest BCUT2D eigenvalue weighted by atomic mass is 9.90. The summed E-state index contributed by atoms with van der Waals surface area (Å²) in [4.78, 5) is 25.1. The quantitative estimate of drug-likeness (QED) is 0.458. The molecule has 1 aliphatic heterocycles. The van der Waals surface area contributed by atoms with Crippen LogP contribution in [0.15, 0.2) is 72.9 Å². The molecule has 4 aromatic rings. The Labute approximate surface area is 190 Å². The summed E-state index contributed by atoms with van der Waals surface area (Å²) in [5.41, 5.74) is 9.44. The van der Waals surface area contributed by atoms with Crippen molar-refractivity contribution in [2.45, 2.75) is 12.5 Å².